The van der Waals surface area contributed by atoms with Gasteiger partial charge in [-0.1, -0.05) is 0 Å². The Morgan fingerprint density at radius 1 is 1.08 bits per heavy atom. The van der Waals surface area contributed by atoms with Crippen LogP contribution in [0.3, 0.4) is 0 Å². The van der Waals surface area contributed by atoms with Gasteiger partial charge in [0, 0.05) is 60.5 Å². The molecular formula is C25H28N8O3S. The van der Waals surface area contributed by atoms with Gasteiger partial charge in [-0.25, -0.2) is 22.7 Å². The van der Waals surface area contributed by atoms with Crippen molar-refractivity contribution < 1.29 is 13.2 Å². The molecule has 2 aliphatic heterocycles. The molecule has 5 heterocycles. The van der Waals surface area contributed by atoms with Gasteiger partial charge in [0.25, 0.3) is 0 Å². The molecule has 192 valence electrons. The number of hydrogen-bond donors (Lipinski definition) is 1. The van der Waals surface area contributed by atoms with E-state index in [0.29, 0.717) is 19.0 Å². The first-order valence-electron chi connectivity index (χ1n) is 12.1. The molecule has 0 aliphatic carbocycles. The van der Waals surface area contributed by atoms with Crippen LogP contribution < -0.4 is 9.64 Å². The van der Waals surface area contributed by atoms with Crippen molar-refractivity contribution >= 4 is 26.9 Å². The lowest BCUT2D eigenvalue weighted by molar-refractivity contribution is 0.0389. The van der Waals surface area contributed by atoms with Gasteiger partial charge in [0.15, 0.2) is 0 Å². The highest BCUT2D eigenvalue weighted by Crippen LogP contribution is 2.42. The number of anilines is 1. The summed E-state index contributed by atoms with van der Waals surface area (Å²) >= 11 is 0. The number of hydrogen-bond acceptors (Lipinski definition) is 9. The summed E-state index contributed by atoms with van der Waals surface area (Å²) in [7, 11) is -3.11. The zero-order valence-electron chi connectivity index (χ0n) is 21.1. The van der Waals surface area contributed by atoms with Crippen LogP contribution >= 0.6 is 0 Å². The number of nitrogens with zero attached hydrogens (tertiary/aromatic N) is 7. The fourth-order valence-electron chi connectivity index (χ4n) is 5.42. The largest absolute Gasteiger partial charge is 0.486 e. The molecule has 0 unspecified atom stereocenters. The molecule has 4 aromatic rings. The lowest BCUT2D eigenvalue weighted by atomic mass is 9.74. The Morgan fingerprint density at radius 2 is 1.81 bits per heavy atom. The minimum atomic E-state index is -3.11. The summed E-state index contributed by atoms with van der Waals surface area (Å²) in [5.74, 6) is 1.37. The van der Waals surface area contributed by atoms with Crippen molar-refractivity contribution in [2.45, 2.75) is 26.9 Å². The highest BCUT2D eigenvalue weighted by atomic mass is 32.2. The topological polar surface area (TPSA) is 130 Å². The van der Waals surface area contributed by atoms with E-state index < -0.39 is 10.0 Å². The number of ether oxygens (including phenoxy) is 1. The molecule has 0 saturated carbocycles. The fourth-order valence-corrected chi connectivity index (χ4v) is 6.44. The molecule has 0 bridgehead atoms. The van der Waals surface area contributed by atoms with Crippen molar-refractivity contribution in [3.63, 3.8) is 0 Å². The number of aromatic nitrogens is 6. The molecule has 2 fully saturated rings. The minimum Gasteiger partial charge on any atom is -0.486 e. The third-order valence-electron chi connectivity index (χ3n) is 7.27. The molecule has 0 amide bonds. The fraction of sp³-hybridized carbons (Fsp3) is 0.400. The van der Waals surface area contributed by atoms with Crippen LogP contribution in [0, 0.1) is 19.3 Å². The maximum absolute atomic E-state index is 11.7. The van der Waals surface area contributed by atoms with Gasteiger partial charge < -0.3 is 9.64 Å². The van der Waals surface area contributed by atoms with Gasteiger partial charge in [0.2, 0.25) is 16.0 Å². The van der Waals surface area contributed by atoms with Gasteiger partial charge in [-0.2, -0.15) is 15.3 Å². The SMILES string of the molecule is Cc1cnnc(C)c1[C@@H](C)Oc1ccc2[nH]nc(-c3cnc(N4CC5(C4)CN(S(C)(=O)=O)C5)nc3)c2c1. The molecule has 1 N–H and O–H groups in total. The first-order chi connectivity index (χ1) is 17.6. The summed E-state index contributed by atoms with van der Waals surface area (Å²) in [4.78, 5) is 11.2. The summed E-state index contributed by atoms with van der Waals surface area (Å²) in [6.45, 7) is 8.61. The van der Waals surface area contributed by atoms with Gasteiger partial charge >= 0.3 is 0 Å². The number of sulfonamides is 1. The van der Waals surface area contributed by atoms with E-state index in [1.54, 1.807) is 18.6 Å². The van der Waals surface area contributed by atoms with E-state index in [1.807, 2.05) is 39.0 Å². The highest BCUT2D eigenvalue weighted by molar-refractivity contribution is 7.88. The van der Waals surface area contributed by atoms with E-state index in [1.165, 1.54) is 10.6 Å². The van der Waals surface area contributed by atoms with Crippen LogP contribution in [0.1, 0.15) is 29.8 Å². The smallest absolute Gasteiger partial charge is 0.225 e. The number of rotatable bonds is 6. The van der Waals surface area contributed by atoms with Crippen molar-refractivity contribution in [2.75, 3.05) is 37.3 Å². The van der Waals surface area contributed by atoms with Gasteiger partial charge in [0.05, 0.1) is 23.7 Å². The Bertz CT molecular complexity index is 1570. The summed E-state index contributed by atoms with van der Waals surface area (Å²) < 4.78 is 31.1. The Morgan fingerprint density at radius 3 is 2.49 bits per heavy atom. The van der Waals surface area contributed by atoms with Crippen LogP contribution in [-0.2, 0) is 10.0 Å². The molecule has 3 aromatic heterocycles. The first-order valence-corrected chi connectivity index (χ1v) is 13.9. The average Bonchev–Trinajstić information content (AvgIpc) is 3.20. The van der Waals surface area contributed by atoms with Crippen LogP contribution in [0.5, 0.6) is 5.75 Å². The molecule has 0 radical (unpaired) electrons. The first kappa shape index (κ1) is 23.7. The van der Waals surface area contributed by atoms with Gasteiger partial charge in [-0.3, -0.25) is 5.10 Å². The lowest BCUT2D eigenvalue weighted by Crippen LogP contribution is -2.73. The Hall–Kier alpha value is -3.64. The second-order valence-corrected chi connectivity index (χ2v) is 12.2. The van der Waals surface area contributed by atoms with Crippen molar-refractivity contribution in [2.24, 2.45) is 5.41 Å². The Labute approximate surface area is 215 Å². The third kappa shape index (κ3) is 4.19. The van der Waals surface area contributed by atoms with Gasteiger partial charge in [-0.15, -0.1) is 0 Å². The van der Waals surface area contributed by atoms with Crippen molar-refractivity contribution in [3.05, 3.63) is 53.6 Å². The van der Waals surface area contributed by atoms with E-state index in [2.05, 4.69) is 35.3 Å². The average molecular weight is 521 g/mol. The molecule has 12 heteroatoms. The molecule has 1 spiro atoms. The van der Waals surface area contributed by atoms with Crippen molar-refractivity contribution in [1.82, 2.24) is 34.7 Å². The third-order valence-corrected chi connectivity index (χ3v) is 8.46. The zero-order valence-corrected chi connectivity index (χ0v) is 21.9. The van der Waals surface area contributed by atoms with Crippen LogP contribution in [0.2, 0.25) is 0 Å². The predicted molar refractivity (Wildman–Crippen MR) is 139 cm³/mol. The maximum atomic E-state index is 11.7. The van der Waals surface area contributed by atoms with E-state index in [-0.39, 0.29) is 11.5 Å². The van der Waals surface area contributed by atoms with Crippen LogP contribution in [-0.4, -0.2) is 75.5 Å². The standard InChI is InChI=1S/C25H28N8O3S/c1-15-8-28-29-16(2)22(15)17(3)36-19-5-6-21-20(7-19)23(31-30-21)18-9-26-24(27-10-18)32-11-25(12-32)13-33(14-25)37(4,34)35/h5-10,17H,11-14H2,1-4H3,(H,30,31)/t17-/m1/s1. The number of H-pyrrole nitrogens is 1. The monoisotopic (exact) mass is 520 g/mol. The number of aromatic amines is 1. The van der Waals surface area contributed by atoms with Crippen molar-refractivity contribution in [1.29, 1.82) is 0 Å². The summed E-state index contributed by atoms with van der Waals surface area (Å²) in [5, 5.41) is 16.7. The van der Waals surface area contributed by atoms with Crippen LogP contribution in [0.25, 0.3) is 22.2 Å². The lowest BCUT2D eigenvalue weighted by Gasteiger charge is -2.59. The highest BCUT2D eigenvalue weighted by Gasteiger charge is 2.54. The summed E-state index contributed by atoms with van der Waals surface area (Å²) in [6, 6.07) is 5.84. The van der Waals surface area contributed by atoms with Gasteiger partial charge in [-0.05, 0) is 44.5 Å². The molecular weight excluding hydrogens is 492 g/mol. The molecule has 37 heavy (non-hydrogen) atoms. The van der Waals surface area contributed by atoms with Crippen molar-refractivity contribution in [3.8, 4) is 17.0 Å². The molecule has 6 rings (SSSR count). The number of nitrogens with one attached hydrogen (secondary N) is 1. The van der Waals surface area contributed by atoms with E-state index in [0.717, 1.165) is 57.8 Å². The molecule has 1 aromatic carbocycles. The van der Waals surface area contributed by atoms with E-state index in [4.69, 9.17) is 4.74 Å². The quantitative estimate of drug-likeness (QED) is 0.408. The van der Waals surface area contributed by atoms with Crippen LogP contribution in [0.4, 0.5) is 5.95 Å². The number of fused-ring (bicyclic) bond motifs is 1. The maximum Gasteiger partial charge on any atom is 0.225 e. The zero-order chi connectivity index (χ0) is 25.9. The molecule has 2 saturated heterocycles. The molecule has 11 nitrogen and oxygen atoms in total. The van der Waals surface area contributed by atoms with E-state index >= 15 is 0 Å². The number of benzene rings is 1. The second-order valence-electron chi connectivity index (χ2n) is 10.2. The molecule has 2 aliphatic rings. The van der Waals surface area contributed by atoms with Gasteiger partial charge in [0.1, 0.15) is 17.5 Å². The summed E-state index contributed by atoms with van der Waals surface area (Å²) in [5.41, 5.74) is 5.40. The molecule has 1 atom stereocenters. The predicted octanol–water partition coefficient (Wildman–Crippen LogP) is 2.65. The normalized spacial score (nSPS) is 18.0. The van der Waals surface area contributed by atoms with E-state index in [9.17, 15) is 8.42 Å². The Balaban J connectivity index is 1.18. The van der Waals surface area contributed by atoms with Crippen LogP contribution in [0.15, 0.2) is 36.8 Å². The minimum absolute atomic E-state index is 0.0282. The number of aryl methyl sites for hydroxylation is 2. The Kier molecular flexibility index (Phi) is 5.42. The second kappa shape index (κ2) is 8.45. The summed E-state index contributed by atoms with van der Waals surface area (Å²) in [6.07, 6.45) is 6.37.